The quantitative estimate of drug-likeness (QED) is 0.659. The van der Waals surface area contributed by atoms with E-state index in [0.717, 1.165) is 27.9 Å². The molecule has 1 aliphatic carbocycles. The number of rotatable bonds is 3. The summed E-state index contributed by atoms with van der Waals surface area (Å²) >= 11 is 0. The summed E-state index contributed by atoms with van der Waals surface area (Å²) in [5.74, 6) is -0.323. The van der Waals surface area contributed by atoms with Crippen molar-refractivity contribution < 1.29 is 9.53 Å². The summed E-state index contributed by atoms with van der Waals surface area (Å²) in [6.07, 6.45) is 5.01. The number of carbonyl (C=O) groups is 1. The van der Waals surface area contributed by atoms with Gasteiger partial charge in [0.1, 0.15) is 0 Å². The van der Waals surface area contributed by atoms with Gasteiger partial charge in [0, 0.05) is 17.3 Å². The predicted molar refractivity (Wildman–Crippen MR) is 102 cm³/mol. The second-order valence-electron chi connectivity index (χ2n) is 6.26. The Hall–Kier alpha value is -3.71. The van der Waals surface area contributed by atoms with Crippen LogP contribution in [0.25, 0.3) is 12.2 Å². The highest BCUT2D eigenvalue weighted by molar-refractivity contribution is 5.79. The largest absolute Gasteiger partial charge is 0.452 e. The van der Waals surface area contributed by atoms with Gasteiger partial charge in [-0.3, -0.25) is 9.78 Å². The van der Waals surface area contributed by atoms with Crippen molar-refractivity contribution in [3.05, 3.63) is 100 Å². The van der Waals surface area contributed by atoms with Crippen LogP contribution in [0.3, 0.4) is 0 Å². The van der Waals surface area contributed by atoms with E-state index in [1.54, 1.807) is 12.3 Å². The lowest BCUT2D eigenvalue weighted by molar-refractivity contribution is -0.146. The summed E-state index contributed by atoms with van der Waals surface area (Å²) in [5.41, 5.74) is 4.53. The summed E-state index contributed by atoms with van der Waals surface area (Å²) in [6.45, 7) is 0. The summed E-state index contributed by atoms with van der Waals surface area (Å²) in [4.78, 5) is 17.0. The van der Waals surface area contributed by atoms with Gasteiger partial charge in [-0.05, 0) is 29.3 Å². The molecule has 1 aliphatic rings. The molecule has 4 nitrogen and oxygen atoms in total. The molecule has 0 amide bonds. The number of aromatic nitrogens is 1. The average Bonchev–Trinajstić information content (AvgIpc) is 2.86. The van der Waals surface area contributed by atoms with Gasteiger partial charge in [-0.15, -0.1) is 0 Å². The van der Waals surface area contributed by atoms with E-state index in [2.05, 4.69) is 11.1 Å². The van der Waals surface area contributed by atoms with E-state index in [4.69, 9.17) is 4.74 Å². The Labute approximate surface area is 157 Å². The molecule has 1 atom stereocenters. The molecule has 130 valence electrons. The minimum atomic E-state index is -0.608. The summed E-state index contributed by atoms with van der Waals surface area (Å²) in [5, 5.41) is 9.46. The molecule has 3 aromatic rings. The lowest BCUT2D eigenvalue weighted by Gasteiger charge is -2.21. The van der Waals surface area contributed by atoms with Gasteiger partial charge in [0.15, 0.2) is 6.10 Å². The minimum absolute atomic E-state index is 0.188. The van der Waals surface area contributed by atoms with Crippen LogP contribution in [0.1, 0.15) is 39.6 Å². The second-order valence-corrected chi connectivity index (χ2v) is 6.26. The molecule has 0 bridgehead atoms. The Kier molecular flexibility index (Phi) is 4.51. The number of carbonyl (C=O) groups excluding carboxylic acids is 1. The molecule has 0 aliphatic heterocycles. The Bertz CT molecular complexity index is 1070. The number of benzene rings is 2. The molecule has 0 radical (unpaired) electrons. The Morgan fingerprint density at radius 2 is 1.81 bits per heavy atom. The van der Waals surface area contributed by atoms with Crippen molar-refractivity contribution in [3.8, 4) is 6.07 Å². The van der Waals surface area contributed by atoms with Crippen molar-refractivity contribution >= 4 is 18.1 Å². The summed E-state index contributed by atoms with van der Waals surface area (Å²) in [6, 6.07) is 20.9. The lowest BCUT2D eigenvalue weighted by atomic mass is 9.95. The number of nitriles is 1. The minimum Gasteiger partial charge on any atom is -0.452 e. The second kappa shape index (κ2) is 7.27. The van der Waals surface area contributed by atoms with Crippen LogP contribution in [0.5, 0.6) is 0 Å². The maximum Gasteiger partial charge on any atom is 0.311 e. The van der Waals surface area contributed by atoms with Gasteiger partial charge in [0.2, 0.25) is 0 Å². The fraction of sp³-hybridized carbons (Fsp3) is 0.0870. The monoisotopic (exact) mass is 352 g/mol. The normalized spacial score (nSPS) is 14.4. The zero-order valence-corrected chi connectivity index (χ0v) is 14.5. The number of fused-ring (bicyclic) bond motifs is 2. The van der Waals surface area contributed by atoms with Crippen LogP contribution in [0.15, 0.2) is 66.9 Å². The molecule has 0 spiro atoms. The first-order chi connectivity index (χ1) is 13.3. The highest BCUT2D eigenvalue weighted by atomic mass is 16.5. The van der Waals surface area contributed by atoms with Gasteiger partial charge in [-0.25, -0.2) is 0 Å². The average molecular weight is 352 g/mol. The van der Waals surface area contributed by atoms with Crippen LogP contribution < -0.4 is 0 Å². The zero-order chi connectivity index (χ0) is 18.6. The zero-order valence-electron chi connectivity index (χ0n) is 14.5. The third kappa shape index (κ3) is 3.36. The van der Waals surface area contributed by atoms with Crippen LogP contribution >= 0.6 is 0 Å². The smallest absolute Gasteiger partial charge is 0.311 e. The molecule has 4 rings (SSSR count). The van der Waals surface area contributed by atoms with Crippen LogP contribution in [0, 0.1) is 11.3 Å². The van der Waals surface area contributed by atoms with E-state index in [1.165, 1.54) is 0 Å². The number of hydrogen-bond acceptors (Lipinski definition) is 4. The van der Waals surface area contributed by atoms with Crippen molar-refractivity contribution in [2.75, 3.05) is 0 Å². The van der Waals surface area contributed by atoms with Crippen molar-refractivity contribution in [2.45, 2.75) is 12.5 Å². The van der Waals surface area contributed by atoms with Crippen LogP contribution in [0.4, 0.5) is 0 Å². The van der Waals surface area contributed by atoms with Crippen molar-refractivity contribution in [1.29, 1.82) is 5.26 Å². The third-order valence-electron chi connectivity index (χ3n) is 4.54. The molecule has 4 heteroatoms. The van der Waals surface area contributed by atoms with Crippen molar-refractivity contribution in [3.63, 3.8) is 0 Å². The molecular weight excluding hydrogens is 336 g/mol. The van der Waals surface area contributed by atoms with E-state index in [9.17, 15) is 10.1 Å². The molecule has 1 aromatic heterocycles. The molecule has 0 saturated carbocycles. The number of nitrogens with zero attached hydrogens (tertiary/aromatic N) is 2. The van der Waals surface area contributed by atoms with E-state index >= 15 is 0 Å². The highest BCUT2D eigenvalue weighted by Crippen LogP contribution is 2.36. The fourth-order valence-electron chi connectivity index (χ4n) is 3.28. The van der Waals surface area contributed by atoms with E-state index in [-0.39, 0.29) is 12.4 Å². The van der Waals surface area contributed by atoms with E-state index < -0.39 is 6.10 Å². The van der Waals surface area contributed by atoms with Gasteiger partial charge in [-0.1, -0.05) is 54.6 Å². The first kappa shape index (κ1) is 16.7. The summed E-state index contributed by atoms with van der Waals surface area (Å²) < 4.78 is 5.90. The molecule has 0 N–H and O–H groups in total. The molecule has 0 fully saturated rings. The molecule has 1 heterocycles. The van der Waals surface area contributed by atoms with Gasteiger partial charge < -0.3 is 4.74 Å². The number of hydrogen-bond donors (Lipinski definition) is 0. The molecular formula is C23H16N2O2. The van der Waals surface area contributed by atoms with E-state index in [0.29, 0.717) is 5.56 Å². The molecule has 0 saturated heterocycles. The first-order valence-electron chi connectivity index (χ1n) is 8.65. The number of esters is 1. The summed E-state index contributed by atoms with van der Waals surface area (Å²) in [7, 11) is 0. The van der Waals surface area contributed by atoms with Crippen molar-refractivity contribution in [2.24, 2.45) is 0 Å². The fourth-order valence-corrected chi connectivity index (χ4v) is 3.28. The van der Waals surface area contributed by atoms with Gasteiger partial charge in [0.05, 0.1) is 23.7 Å². The molecule has 2 aromatic carbocycles. The molecule has 1 unspecified atom stereocenters. The maximum absolute atomic E-state index is 12.6. The van der Waals surface area contributed by atoms with Crippen LogP contribution in [0.2, 0.25) is 0 Å². The van der Waals surface area contributed by atoms with Gasteiger partial charge in [0.25, 0.3) is 0 Å². The van der Waals surface area contributed by atoms with Gasteiger partial charge in [-0.2, -0.15) is 5.26 Å². The third-order valence-corrected chi connectivity index (χ3v) is 4.54. The molecule has 27 heavy (non-hydrogen) atoms. The first-order valence-corrected chi connectivity index (χ1v) is 8.65. The Balaban J connectivity index is 1.74. The topological polar surface area (TPSA) is 63.0 Å². The Morgan fingerprint density at radius 1 is 1.00 bits per heavy atom. The number of pyridine rings is 1. The lowest BCUT2D eigenvalue weighted by Crippen LogP contribution is -2.16. The number of ether oxygens (including phenoxy) is 1. The van der Waals surface area contributed by atoms with E-state index in [1.807, 2.05) is 66.7 Å². The highest BCUT2D eigenvalue weighted by Gasteiger charge is 2.26. The standard InChI is InChI=1S/C23H16N2O2/c24-15-17-8-4-9-19-18(17)11-12-21-20(10-5-13-25-21)23(19)27-22(26)14-16-6-2-1-3-7-16/h1-13,23H,14H2. The predicted octanol–water partition coefficient (Wildman–Crippen LogP) is 4.31. The Morgan fingerprint density at radius 3 is 2.63 bits per heavy atom. The van der Waals surface area contributed by atoms with Crippen LogP contribution in [-0.4, -0.2) is 11.0 Å². The van der Waals surface area contributed by atoms with Crippen molar-refractivity contribution in [1.82, 2.24) is 4.98 Å². The van der Waals surface area contributed by atoms with Gasteiger partial charge >= 0.3 is 5.97 Å². The van der Waals surface area contributed by atoms with Crippen LogP contribution in [-0.2, 0) is 16.0 Å². The SMILES string of the molecule is N#Cc1cccc2c1C=Cc1ncccc1C2OC(=O)Cc1ccccc1. The maximum atomic E-state index is 12.6.